The number of halogens is 2. The summed E-state index contributed by atoms with van der Waals surface area (Å²) < 4.78 is 0.862. The summed E-state index contributed by atoms with van der Waals surface area (Å²) in [6.07, 6.45) is 0. The van der Waals surface area contributed by atoms with E-state index >= 15 is 0 Å². The molecule has 0 aromatic heterocycles. The summed E-state index contributed by atoms with van der Waals surface area (Å²) in [6.45, 7) is 1.99. The lowest BCUT2D eigenvalue weighted by Gasteiger charge is -2.14. The number of carbonyl (C=O) groups excluding carboxylic acids is 1. The number of amides is 1. The number of benzene rings is 2. The summed E-state index contributed by atoms with van der Waals surface area (Å²) in [5, 5.41) is 3.45. The van der Waals surface area contributed by atoms with Crippen LogP contribution in [0.1, 0.15) is 15.9 Å². The van der Waals surface area contributed by atoms with Gasteiger partial charge in [-0.15, -0.1) is 0 Å². The van der Waals surface area contributed by atoms with E-state index in [0.717, 1.165) is 15.7 Å². The summed E-state index contributed by atoms with van der Waals surface area (Å²) in [5.74, 6) is -0.593. The van der Waals surface area contributed by atoms with Gasteiger partial charge in [0, 0.05) is 10.2 Å². The van der Waals surface area contributed by atoms with Crippen molar-refractivity contribution in [2.75, 3.05) is 11.1 Å². The van der Waals surface area contributed by atoms with E-state index in [1.165, 1.54) is 6.07 Å². The van der Waals surface area contributed by atoms with E-state index in [4.69, 9.17) is 23.1 Å². The maximum absolute atomic E-state index is 11.5. The lowest BCUT2D eigenvalue weighted by molar-refractivity contribution is 0.100. The van der Waals surface area contributed by atoms with Gasteiger partial charge in [0.1, 0.15) is 0 Å². The first-order valence-electron chi connectivity index (χ1n) is 5.80. The van der Waals surface area contributed by atoms with Crippen LogP contribution in [0.2, 0.25) is 5.02 Å². The molecule has 6 heteroatoms. The summed E-state index contributed by atoms with van der Waals surface area (Å²) in [4.78, 5) is 11.5. The zero-order valence-corrected chi connectivity index (χ0v) is 13.0. The summed E-state index contributed by atoms with van der Waals surface area (Å²) in [5.41, 5.74) is 14.0. The summed E-state index contributed by atoms with van der Waals surface area (Å²) >= 11 is 9.61. The maximum Gasteiger partial charge on any atom is 0.250 e. The second kappa shape index (κ2) is 5.73. The Labute approximate surface area is 130 Å². The number of rotatable bonds is 3. The van der Waals surface area contributed by atoms with Crippen molar-refractivity contribution in [2.24, 2.45) is 5.73 Å². The minimum absolute atomic E-state index is 0.252. The number of anilines is 3. The fraction of sp³-hybridized carbons (Fsp3) is 0.0714. The lowest BCUT2D eigenvalue weighted by Crippen LogP contribution is -2.14. The second-order valence-electron chi connectivity index (χ2n) is 4.40. The Morgan fingerprint density at radius 2 is 2.00 bits per heavy atom. The smallest absolute Gasteiger partial charge is 0.250 e. The Morgan fingerprint density at radius 3 is 2.60 bits per heavy atom. The van der Waals surface area contributed by atoms with Gasteiger partial charge in [0.25, 0.3) is 5.91 Å². The molecule has 0 atom stereocenters. The van der Waals surface area contributed by atoms with Crippen LogP contribution >= 0.6 is 27.5 Å². The normalized spacial score (nSPS) is 10.3. The highest BCUT2D eigenvalue weighted by atomic mass is 79.9. The molecule has 4 nitrogen and oxygen atoms in total. The number of primary amides is 1. The van der Waals surface area contributed by atoms with Crippen molar-refractivity contribution in [1.29, 1.82) is 0 Å². The number of nitrogens with one attached hydrogen (secondary N) is 1. The highest BCUT2D eigenvalue weighted by Gasteiger charge is 2.14. The van der Waals surface area contributed by atoms with E-state index in [1.54, 1.807) is 6.07 Å². The Bertz CT molecular complexity index is 688. The fourth-order valence-corrected chi connectivity index (χ4v) is 2.67. The van der Waals surface area contributed by atoms with Crippen molar-refractivity contribution in [1.82, 2.24) is 0 Å². The largest absolute Gasteiger partial charge is 0.399 e. The molecule has 0 fully saturated rings. The molecule has 0 aliphatic rings. The monoisotopic (exact) mass is 353 g/mol. The third kappa shape index (κ3) is 3.05. The predicted octanol–water partition coefficient (Wildman–Crippen LogP) is 3.84. The second-order valence-corrected chi connectivity index (χ2v) is 5.66. The van der Waals surface area contributed by atoms with Crippen LogP contribution < -0.4 is 16.8 Å². The van der Waals surface area contributed by atoms with Crippen molar-refractivity contribution in [2.45, 2.75) is 6.92 Å². The van der Waals surface area contributed by atoms with Gasteiger partial charge in [-0.25, -0.2) is 0 Å². The summed E-state index contributed by atoms with van der Waals surface area (Å²) in [7, 11) is 0. The standard InChI is InChI=1S/C14H13BrClN3O/c1-7-2-3-12(10(15)4-7)19-13-9(14(18)20)5-8(17)6-11(13)16/h2-6,19H,17H2,1H3,(H2,18,20). The Hall–Kier alpha value is -1.72. The van der Waals surface area contributed by atoms with Crippen LogP contribution in [0.15, 0.2) is 34.8 Å². The number of nitrogen functional groups attached to an aromatic ring is 1. The first-order valence-corrected chi connectivity index (χ1v) is 6.97. The quantitative estimate of drug-likeness (QED) is 0.733. The number of hydrogen-bond donors (Lipinski definition) is 3. The van der Waals surface area contributed by atoms with Crippen molar-refractivity contribution >= 4 is 50.5 Å². The summed E-state index contributed by atoms with van der Waals surface area (Å²) in [6, 6.07) is 8.85. The zero-order valence-electron chi connectivity index (χ0n) is 10.7. The number of hydrogen-bond acceptors (Lipinski definition) is 3. The molecule has 2 aromatic carbocycles. The van der Waals surface area contributed by atoms with Gasteiger partial charge in [0.2, 0.25) is 0 Å². The molecule has 0 radical (unpaired) electrons. The Morgan fingerprint density at radius 1 is 1.30 bits per heavy atom. The highest BCUT2D eigenvalue weighted by molar-refractivity contribution is 9.10. The van der Waals surface area contributed by atoms with E-state index in [0.29, 0.717) is 16.4 Å². The van der Waals surface area contributed by atoms with Crippen molar-refractivity contribution in [3.8, 4) is 0 Å². The molecule has 0 saturated heterocycles. The van der Waals surface area contributed by atoms with E-state index < -0.39 is 5.91 Å². The van der Waals surface area contributed by atoms with Crippen molar-refractivity contribution in [3.05, 3.63) is 51.0 Å². The predicted molar refractivity (Wildman–Crippen MR) is 86.5 cm³/mol. The van der Waals surface area contributed by atoms with Crippen molar-refractivity contribution < 1.29 is 4.79 Å². The zero-order chi connectivity index (χ0) is 14.9. The molecule has 20 heavy (non-hydrogen) atoms. The lowest BCUT2D eigenvalue weighted by atomic mass is 10.1. The third-order valence-electron chi connectivity index (χ3n) is 2.76. The third-order valence-corrected chi connectivity index (χ3v) is 3.72. The molecule has 5 N–H and O–H groups in total. The van der Waals surface area contributed by atoms with Gasteiger partial charge in [0.05, 0.1) is 22.0 Å². The number of aryl methyl sites for hydroxylation is 1. The van der Waals surface area contributed by atoms with Crippen LogP contribution in [-0.4, -0.2) is 5.91 Å². The minimum atomic E-state index is -0.593. The van der Waals surface area contributed by atoms with Gasteiger partial charge in [-0.3, -0.25) is 4.79 Å². The Kier molecular flexibility index (Phi) is 4.20. The maximum atomic E-state index is 11.5. The van der Waals surface area contributed by atoms with Crippen LogP contribution in [0.25, 0.3) is 0 Å². The first-order chi connectivity index (χ1) is 9.38. The van der Waals surface area contributed by atoms with Crippen LogP contribution in [0.4, 0.5) is 17.1 Å². The molecule has 0 aliphatic heterocycles. The molecule has 0 aliphatic carbocycles. The SMILES string of the molecule is Cc1ccc(Nc2c(Cl)cc(N)cc2C(N)=O)c(Br)c1. The van der Waals surface area contributed by atoms with E-state index in [9.17, 15) is 4.79 Å². The molecule has 1 amide bonds. The molecular weight excluding hydrogens is 342 g/mol. The average molecular weight is 355 g/mol. The van der Waals surface area contributed by atoms with Gasteiger partial charge < -0.3 is 16.8 Å². The first kappa shape index (κ1) is 14.7. The number of carbonyl (C=O) groups is 1. The molecule has 0 bridgehead atoms. The van der Waals surface area contributed by atoms with Crippen LogP contribution in [0.5, 0.6) is 0 Å². The molecular formula is C14H13BrClN3O. The van der Waals surface area contributed by atoms with Crippen LogP contribution in [0.3, 0.4) is 0 Å². The van der Waals surface area contributed by atoms with Gasteiger partial charge in [-0.2, -0.15) is 0 Å². The van der Waals surface area contributed by atoms with E-state index in [2.05, 4.69) is 21.2 Å². The van der Waals surface area contributed by atoms with E-state index in [-0.39, 0.29) is 5.56 Å². The van der Waals surface area contributed by atoms with Crippen molar-refractivity contribution in [3.63, 3.8) is 0 Å². The molecule has 0 unspecified atom stereocenters. The highest BCUT2D eigenvalue weighted by Crippen LogP contribution is 2.34. The van der Waals surface area contributed by atoms with Gasteiger partial charge in [-0.05, 0) is 52.7 Å². The minimum Gasteiger partial charge on any atom is -0.399 e. The van der Waals surface area contributed by atoms with E-state index in [1.807, 2.05) is 25.1 Å². The number of nitrogens with two attached hydrogens (primary N) is 2. The molecule has 104 valence electrons. The Balaban J connectivity index is 2.50. The molecule has 0 heterocycles. The average Bonchev–Trinajstić information content (AvgIpc) is 2.34. The van der Waals surface area contributed by atoms with Gasteiger partial charge in [-0.1, -0.05) is 17.7 Å². The van der Waals surface area contributed by atoms with Crippen LogP contribution in [-0.2, 0) is 0 Å². The molecule has 0 saturated carbocycles. The van der Waals surface area contributed by atoms with Gasteiger partial charge >= 0.3 is 0 Å². The van der Waals surface area contributed by atoms with Crippen LogP contribution in [0, 0.1) is 6.92 Å². The van der Waals surface area contributed by atoms with Gasteiger partial charge in [0.15, 0.2) is 0 Å². The topological polar surface area (TPSA) is 81.1 Å². The molecule has 0 spiro atoms. The molecule has 2 aromatic rings. The molecule has 2 rings (SSSR count). The fourth-order valence-electron chi connectivity index (χ4n) is 1.81.